The van der Waals surface area contributed by atoms with Crippen molar-refractivity contribution in [2.75, 3.05) is 7.05 Å². The summed E-state index contributed by atoms with van der Waals surface area (Å²) in [6, 6.07) is 13.8. The van der Waals surface area contributed by atoms with Gasteiger partial charge in [0.05, 0.1) is 18.8 Å². The Morgan fingerprint density at radius 3 is 2.62 bits per heavy atom. The van der Waals surface area contributed by atoms with Crippen LogP contribution in [0.4, 0.5) is 0 Å². The summed E-state index contributed by atoms with van der Waals surface area (Å²) in [6.07, 6.45) is 0. The molecule has 0 spiro atoms. The van der Waals surface area contributed by atoms with Gasteiger partial charge in [-0.3, -0.25) is 4.90 Å². The first-order valence-electron chi connectivity index (χ1n) is 6.79. The highest BCUT2D eigenvalue weighted by Gasteiger charge is 2.12. The van der Waals surface area contributed by atoms with Crippen molar-refractivity contribution in [2.45, 2.75) is 20.0 Å². The van der Waals surface area contributed by atoms with E-state index >= 15 is 0 Å². The lowest BCUT2D eigenvalue weighted by molar-refractivity contribution is 0.277. The molecule has 0 amide bonds. The van der Waals surface area contributed by atoms with Gasteiger partial charge < -0.3 is 4.42 Å². The van der Waals surface area contributed by atoms with Crippen LogP contribution in [0.1, 0.15) is 17.3 Å². The van der Waals surface area contributed by atoms with Gasteiger partial charge in [0.2, 0.25) is 0 Å². The molecular weight excluding hydrogens is 266 g/mol. The maximum Gasteiger partial charge on any atom is 0.170 e. The Morgan fingerprint density at radius 1 is 1.10 bits per heavy atom. The molecule has 0 saturated heterocycles. The third-order valence-electron chi connectivity index (χ3n) is 3.17. The molecule has 0 fully saturated rings. The van der Waals surface area contributed by atoms with Crippen LogP contribution in [-0.2, 0) is 13.1 Å². The number of rotatable bonds is 5. The SMILES string of the molecule is Cc1ccc(CN(C)Cc2nnnn2-c2ccccc2)o1. The van der Waals surface area contributed by atoms with E-state index in [-0.39, 0.29) is 0 Å². The molecule has 3 rings (SSSR count). The van der Waals surface area contributed by atoms with E-state index in [1.165, 1.54) is 0 Å². The fourth-order valence-corrected chi connectivity index (χ4v) is 2.21. The predicted molar refractivity (Wildman–Crippen MR) is 77.8 cm³/mol. The molecule has 0 N–H and O–H groups in total. The molecule has 0 unspecified atom stereocenters. The van der Waals surface area contributed by atoms with Crippen molar-refractivity contribution >= 4 is 0 Å². The average Bonchev–Trinajstić information content (AvgIpc) is 3.09. The van der Waals surface area contributed by atoms with Gasteiger partial charge in [-0.2, -0.15) is 4.68 Å². The van der Waals surface area contributed by atoms with Crippen molar-refractivity contribution in [3.8, 4) is 5.69 Å². The first-order valence-corrected chi connectivity index (χ1v) is 6.79. The van der Waals surface area contributed by atoms with E-state index in [2.05, 4.69) is 20.4 Å². The fraction of sp³-hybridized carbons (Fsp3) is 0.267. The van der Waals surface area contributed by atoms with Gasteiger partial charge in [-0.15, -0.1) is 5.10 Å². The topological polar surface area (TPSA) is 60.0 Å². The van der Waals surface area contributed by atoms with Crippen LogP contribution in [0.15, 0.2) is 46.9 Å². The number of nitrogens with zero attached hydrogens (tertiary/aromatic N) is 5. The van der Waals surface area contributed by atoms with Crippen LogP contribution >= 0.6 is 0 Å². The number of aryl methyl sites for hydroxylation is 1. The second kappa shape index (κ2) is 5.88. The number of benzene rings is 1. The Kier molecular flexibility index (Phi) is 3.79. The first-order chi connectivity index (χ1) is 10.2. The van der Waals surface area contributed by atoms with Gasteiger partial charge in [0.1, 0.15) is 11.5 Å². The molecule has 0 saturated carbocycles. The van der Waals surface area contributed by atoms with Gasteiger partial charge in [0.25, 0.3) is 0 Å². The third kappa shape index (κ3) is 3.17. The van der Waals surface area contributed by atoms with Crippen LogP contribution in [0.2, 0.25) is 0 Å². The van der Waals surface area contributed by atoms with E-state index in [1.807, 2.05) is 56.4 Å². The van der Waals surface area contributed by atoms with E-state index in [0.717, 1.165) is 29.6 Å². The van der Waals surface area contributed by atoms with Crippen LogP contribution in [0.3, 0.4) is 0 Å². The molecule has 1 aromatic carbocycles. The van der Waals surface area contributed by atoms with Crippen LogP contribution in [-0.4, -0.2) is 32.2 Å². The molecule has 21 heavy (non-hydrogen) atoms. The van der Waals surface area contributed by atoms with Crippen molar-refractivity contribution in [3.05, 3.63) is 59.8 Å². The molecule has 6 nitrogen and oxygen atoms in total. The van der Waals surface area contributed by atoms with Crippen LogP contribution < -0.4 is 0 Å². The summed E-state index contributed by atoms with van der Waals surface area (Å²) in [5, 5.41) is 11.9. The molecule has 3 aromatic rings. The van der Waals surface area contributed by atoms with Crippen LogP contribution in [0, 0.1) is 6.92 Å². The van der Waals surface area contributed by atoms with E-state index < -0.39 is 0 Å². The summed E-state index contributed by atoms with van der Waals surface area (Å²) in [4.78, 5) is 2.11. The minimum Gasteiger partial charge on any atom is -0.465 e. The zero-order valence-electron chi connectivity index (χ0n) is 12.1. The Hall–Kier alpha value is -2.47. The molecule has 0 radical (unpaired) electrons. The minimum absolute atomic E-state index is 0.641. The molecule has 0 atom stereocenters. The van der Waals surface area contributed by atoms with Gasteiger partial charge in [-0.1, -0.05) is 18.2 Å². The average molecular weight is 283 g/mol. The zero-order valence-corrected chi connectivity index (χ0v) is 12.1. The predicted octanol–water partition coefficient (Wildman–Crippen LogP) is 2.20. The van der Waals surface area contributed by atoms with E-state index in [4.69, 9.17) is 4.42 Å². The summed E-state index contributed by atoms with van der Waals surface area (Å²) in [5.41, 5.74) is 0.958. The third-order valence-corrected chi connectivity index (χ3v) is 3.17. The fourth-order valence-electron chi connectivity index (χ4n) is 2.21. The number of para-hydroxylation sites is 1. The molecule has 0 aliphatic heterocycles. The molecule has 2 aromatic heterocycles. The molecule has 0 aliphatic carbocycles. The Morgan fingerprint density at radius 2 is 1.90 bits per heavy atom. The second-order valence-corrected chi connectivity index (χ2v) is 5.03. The summed E-state index contributed by atoms with van der Waals surface area (Å²) < 4.78 is 7.34. The second-order valence-electron chi connectivity index (χ2n) is 5.03. The number of hydrogen-bond donors (Lipinski definition) is 0. The highest BCUT2D eigenvalue weighted by Crippen LogP contribution is 2.12. The van der Waals surface area contributed by atoms with Gasteiger partial charge in [-0.25, -0.2) is 0 Å². The van der Waals surface area contributed by atoms with E-state index in [1.54, 1.807) is 4.68 Å². The Balaban J connectivity index is 1.72. The van der Waals surface area contributed by atoms with Crippen molar-refractivity contribution in [3.63, 3.8) is 0 Å². The number of tetrazole rings is 1. The standard InChI is InChI=1S/C15H17N5O/c1-12-8-9-14(21-12)10-19(2)11-15-16-17-18-20(15)13-6-4-3-5-7-13/h3-9H,10-11H2,1-2H3. The summed E-state index contributed by atoms with van der Waals surface area (Å²) in [5.74, 6) is 2.66. The van der Waals surface area contributed by atoms with Crippen LogP contribution in [0.5, 0.6) is 0 Å². The van der Waals surface area contributed by atoms with E-state index in [0.29, 0.717) is 6.54 Å². The van der Waals surface area contributed by atoms with Crippen LogP contribution in [0.25, 0.3) is 5.69 Å². The molecule has 0 aliphatic rings. The van der Waals surface area contributed by atoms with Gasteiger partial charge in [-0.05, 0) is 48.7 Å². The summed E-state index contributed by atoms with van der Waals surface area (Å²) in [6.45, 7) is 3.30. The number of aromatic nitrogens is 4. The Bertz CT molecular complexity index is 704. The summed E-state index contributed by atoms with van der Waals surface area (Å²) >= 11 is 0. The van der Waals surface area contributed by atoms with Crippen molar-refractivity contribution in [1.29, 1.82) is 0 Å². The van der Waals surface area contributed by atoms with Crippen molar-refractivity contribution < 1.29 is 4.42 Å². The quantitative estimate of drug-likeness (QED) is 0.718. The lowest BCUT2D eigenvalue weighted by Gasteiger charge is -2.14. The largest absolute Gasteiger partial charge is 0.465 e. The zero-order chi connectivity index (χ0) is 14.7. The number of furan rings is 1. The number of hydrogen-bond acceptors (Lipinski definition) is 5. The van der Waals surface area contributed by atoms with Gasteiger partial charge in [0, 0.05) is 0 Å². The Labute approximate surface area is 123 Å². The van der Waals surface area contributed by atoms with Gasteiger partial charge >= 0.3 is 0 Å². The maximum atomic E-state index is 5.59. The van der Waals surface area contributed by atoms with E-state index in [9.17, 15) is 0 Å². The maximum absolute atomic E-state index is 5.59. The molecule has 2 heterocycles. The summed E-state index contributed by atoms with van der Waals surface area (Å²) in [7, 11) is 2.02. The lowest BCUT2D eigenvalue weighted by atomic mass is 10.3. The molecule has 108 valence electrons. The lowest BCUT2D eigenvalue weighted by Crippen LogP contribution is -2.20. The molecular formula is C15H17N5O. The first kappa shape index (κ1) is 13.5. The smallest absolute Gasteiger partial charge is 0.170 e. The van der Waals surface area contributed by atoms with Crippen molar-refractivity contribution in [1.82, 2.24) is 25.1 Å². The molecule has 6 heteroatoms. The highest BCUT2D eigenvalue weighted by atomic mass is 16.3. The highest BCUT2D eigenvalue weighted by molar-refractivity contribution is 5.30. The monoisotopic (exact) mass is 283 g/mol. The normalized spacial score (nSPS) is 11.2. The van der Waals surface area contributed by atoms with Gasteiger partial charge in [0.15, 0.2) is 5.82 Å². The molecule has 0 bridgehead atoms. The van der Waals surface area contributed by atoms with Crippen molar-refractivity contribution in [2.24, 2.45) is 0 Å². The minimum atomic E-state index is 0.641.